The second-order valence-electron chi connectivity index (χ2n) is 6.81. The molecule has 2 aromatic carbocycles. The molecule has 0 aromatic heterocycles. The molecule has 1 aliphatic rings. The number of nitrogens with zero attached hydrogens (tertiary/aromatic N) is 2. The number of ether oxygens (including phenoxy) is 4. The van der Waals surface area contributed by atoms with E-state index in [9.17, 15) is 4.79 Å². The number of anilines is 1. The normalized spacial score (nSPS) is 14.0. The predicted molar refractivity (Wildman–Crippen MR) is 120 cm³/mol. The second kappa shape index (κ2) is 10.4. The van der Waals surface area contributed by atoms with Gasteiger partial charge in [-0.05, 0) is 42.3 Å². The standard InChI is InChI=1S/C22H26ClN3O5/c1-5-30-20(15-6-7-17-18(12-15)31-9-8-26(17)2)22(27)25-24-13-14-10-16(23)21(29-4)19(11-14)28-3/h6-7,10-13,20H,5,8-9H2,1-4H3,(H,25,27)/b24-13+. The van der Waals surface area contributed by atoms with Crippen LogP contribution in [0.25, 0.3) is 0 Å². The average Bonchev–Trinajstić information content (AvgIpc) is 2.76. The Morgan fingerprint density at radius 2 is 2.13 bits per heavy atom. The molecule has 1 amide bonds. The first-order valence-corrected chi connectivity index (χ1v) is 10.2. The highest BCUT2D eigenvalue weighted by atomic mass is 35.5. The van der Waals surface area contributed by atoms with Gasteiger partial charge in [-0.25, -0.2) is 5.43 Å². The fourth-order valence-corrected chi connectivity index (χ4v) is 3.57. The minimum atomic E-state index is -0.822. The molecule has 2 aromatic rings. The van der Waals surface area contributed by atoms with E-state index in [-0.39, 0.29) is 0 Å². The lowest BCUT2D eigenvalue weighted by Gasteiger charge is -2.28. The summed E-state index contributed by atoms with van der Waals surface area (Å²) < 4.78 is 21.9. The van der Waals surface area contributed by atoms with E-state index in [1.807, 2.05) is 32.2 Å². The summed E-state index contributed by atoms with van der Waals surface area (Å²) in [6.45, 7) is 3.61. The van der Waals surface area contributed by atoms with Crippen LogP contribution in [0.5, 0.6) is 17.2 Å². The van der Waals surface area contributed by atoms with Crippen LogP contribution in [0.2, 0.25) is 5.02 Å². The van der Waals surface area contributed by atoms with Crippen LogP contribution in [0.3, 0.4) is 0 Å². The van der Waals surface area contributed by atoms with E-state index in [4.69, 9.17) is 30.5 Å². The maximum absolute atomic E-state index is 12.8. The molecule has 0 radical (unpaired) electrons. The van der Waals surface area contributed by atoms with Crippen molar-refractivity contribution in [3.8, 4) is 17.2 Å². The van der Waals surface area contributed by atoms with E-state index in [1.165, 1.54) is 20.4 Å². The molecule has 1 unspecified atom stereocenters. The molecule has 1 aliphatic heterocycles. The van der Waals surface area contributed by atoms with Gasteiger partial charge < -0.3 is 23.8 Å². The first-order valence-electron chi connectivity index (χ1n) is 9.82. The third kappa shape index (κ3) is 5.21. The number of amides is 1. The van der Waals surface area contributed by atoms with Gasteiger partial charge in [-0.1, -0.05) is 17.7 Å². The minimum Gasteiger partial charge on any atom is -0.493 e. The number of hydrazone groups is 1. The van der Waals surface area contributed by atoms with Crippen molar-refractivity contribution in [1.82, 2.24) is 5.43 Å². The molecule has 0 spiro atoms. The number of hydrogen-bond acceptors (Lipinski definition) is 7. The highest BCUT2D eigenvalue weighted by Crippen LogP contribution is 2.36. The molecular weight excluding hydrogens is 422 g/mol. The number of methoxy groups -OCH3 is 2. The fraction of sp³-hybridized carbons (Fsp3) is 0.364. The number of halogens is 1. The zero-order valence-electron chi connectivity index (χ0n) is 18.0. The zero-order valence-corrected chi connectivity index (χ0v) is 18.7. The summed E-state index contributed by atoms with van der Waals surface area (Å²) in [7, 11) is 5.03. The first-order chi connectivity index (χ1) is 15.0. The molecule has 0 saturated heterocycles. The van der Waals surface area contributed by atoms with E-state index in [0.717, 1.165) is 18.0 Å². The summed E-state index contributed by atoms with van der Waals surface area (Å²) in [6, 6.07) is 9.00. The molecule has 9 heteroatoms. The smallest absolute Gasteiger partial charge is 0.273 e. The number of fused-ring (bicyclic) bond motifs is 1. The van der Waals surface area contributed by atoms with Crippen molar-refractivity contribution in [3.63, 3.8) is 0 Å². The molecule has 0 fully saturated rings. The van der Waals surface area contributed by atoms with Crippen molar-refractivity contribution in [2.45, 2.75) is 13.0 Å². The van der Waals surface area contributed by atoms with Gasteiger partial charge in [0.1, 0.15) is 12.4 Å². The Bertz CT molecular complexity index is 966. The van der Waals surface area contributed by atoms with Crippen molar-refractivity contribution >= 4 is 29.4 Å². The number of hydrogen-bond donors (Lipinski definition) is 1. The SMILES string of the molecule is CCOC(C(=O)N/N=C/c1cc(Cl)c(OC)c(OC)c1)c1ccc2c(c1)OCCN2C. The Morgan fingerprint density at radius 3 is 2.84 bits per heavy atom. The molecule has 1 heterocycles. The summed E-state index contributed by atoms with van der Waals surface area (Å²) in [6.07, 6.45) is 0.650. The van der Waals surface area contributed by atoms with Crippen molar-refractivity contribution in [2.75, 3.05) is 45.9 Å². The van der Waals surface area contributed by atoms with Crippen molar-refractivity contribution < 1.29 is 23.7 Å². The molecule has 0 bridgehead atoms. The van der Waals surface area contributed by atoms with E-state index in [1.54, 1.807) is 12.1 Å². The van der Waals surface area contributed by atoms with Gasteiger partial charge in [-0.3, -0.25) is 4.79 Å². The van der Waals surface area contributed by atoms with Crippen LogP contribution in [-0.2, 0) is 9.53 Å². The molecule has 0 aliphatic carbocycles. The Labute approximate surface area is 186 Å². The maximum Gasteiger partial charge on any atom is 0.273 e. The number of carbonyl (C=O) groups is 1. The van der Waals surface area contributed by atoms with E-state index >= 15 is 0 Å². The van der Waals surface area contributed by atoms with Gasteiger partial charge in [0, 0.05) is 13.7 Å². The Balaban J connectivity index is 1.75. The number of carbonyl (C=O) groups excluding carboxylic acids is 1. The van der Waals surface area contributed by atoms with Crippen molar-refractivity contribution in [3.05, 3.63) is 46.5 Å². The molecule has 3 rings (SSSR count). The fourth-order valence-electron chi connectivity index (χ4n) is 3.27. The highest BCUT2D eigenvalue weighted by molar-refractivity contribution is 6.32. The lowest BCUT2D eigenvalue weighted by Crippen LogP contribution is -2.30. The summed E-state index contributed by atoms with van der Waals surface area (Å²) in [5, 5.41) is 4.42. The Kier molecular flexibility index (Phi) is 7.59. The van der Waals surface area contributed by atoms with Crippen LogP contribution in [0, 0.1) is 0 Å². The van der Waals surface area contributed by atoms with Crippen LogP contribution < -0.4 is 24.5 Å². The Morgan fingerprint density at radius 1 is 1.32 bits per heavy atom. The number of nitrogens with one attached hydrogen (secondary N) is 1. The van der Waals surface area contributed by atoms with Crippen LogP contribution >= 0.6 is 11.6 Å². The quantitative estimate of drug-likeness (QED) is 0.493. The largest absolute Gasteiger partial charge is 0.493 e. The molecule has 1 atom stereocenters. The third-order valence-corrected chi connectivity index (χ3v) is 5.08. The highest BCUT2D eigenvalue weighted by Gasteiger charge is 2.24. The van der Waals surface area contributed by atoms with Gasteiger partial charge in [0.25, 0.3) is 5.91 Å². The maximum atomic E-state index is 12.8. The zero-order chi connectivity index (χ0) is 22.4. The number of benzene rings is 2. The number of rotatable bonds is 8. The summed E-state index contributed by atoms with van der Waals surface area (Å²) >= 11 is 6.21. The Hall–Kier alpha value is -2.97. The van der Waals surface area contributed by atoms with E-state index in [2.05, 4.69) is 15.4 Å². The van der Waals surface area contributed by atoms with Gasteiger partial charge in [0.15, 0.2) is 17.6 Å². The lowest BCUT2D eigenvalue weighted by molar-refractivity contribution is -0.132. The first kappa shape index (κ1) is 22.7. The molecular formula is C22H26ClN3O5. The molecule has 1 N–H and O–H groups in total. The van der Waals surface area contributed by atoms with Crippen LogP contribution in [0.4, 0.5) is 5.69 Å². The average molecular weight is 448 g/mol. The van der Waals surface area contributed by atoms with Gasteiger partial charge in [-0.15, -0.1) is 0 Å². The molecule has 166 valence electrons. The van der Waals surface area contributed by atoms with Gasteiger partial charge >= 0.3 is 0 Å². The minimum absolute atomic E-state index is 0.366. The lowest BCUT2D eigenvalue weighted by atomic mass is 10.1. The summed E-state index contributed by atoms with van der Waals surface area (Å²) in [5.41, 5.74) is 4.84. The monoisotopic (exact) mass is 447 g/mol. The summed E-state index contributed by atoms with van der Waals surface area (Å²) in [4.78, 5) is 14.9. The second-order valence-corrected chi connectivity index (χ2v) is 7.21. The van der Waals surface area contributed by atoms with Gasteiger partial charge in [-0.2, -0.15) is 5.10 Å². The molecule has 0 saturated carbocycles. The topological polar surface area (TPSA) is 81.6 Å². The van der Waals surface area contributed by atoms with Crippen molar-refractivity contribution in [2.24, 2.45) is 5.10 Å². The summed E-state index contributed by atoms with van der Waals surface area (Å²) in [5.74, 6) is 1.23. The van der Waals surface area contributed by atoms with Crippen LogP contribution in [-0.4, -0.2) is 53.1 Å². The number of likely N-dealkylation sites (N-methyl/N-ethyl adjacent to an activating group) is 1. The molecule has 31 heavy (non-hydrogen) atoms. The third-order valence-electron chi connectivity index (χ3n) is 4.80. The van der Waals surface area contributed by atoms with Crippen LogP contribution in [0.15, 0.2) is 35.4 Å². The predicted octanol–water partition coefficient (Wildman–Crippen LogP) is 3.41. The van der Waals surface area contributed by atoms with E-state index < -0.39 is 12.0 Å². The van der Waals surface area contributed by atoms with E-state index in [0.29, 0.717) is 40.9 Å². The van der Waals surface area contributed by atoms with Gasteiger partial charge in [0.05, 0.1) is 37.7 Å². The van der Waals surface area contributed by atoms with Crippen molar-refractivity contribution in [1.29, 1.82) is 0 Å². The van der Waals surface area contributed by atoms with Gasteiger partial charge in [0.2, 0.25) is 0 Å². The molecule has 8 nitrogen and oxygen atoms in total. The van der Waals surface area contributed by atoms with Crippen LogP contribution in [0.1, 0.15) is 24.2 Å².